The van der Waals surface area contributed by atoms with Gasteiger partial charge in [0.2, 0.25) is 0 Å². The van der Waals surface area contributed by atoms with Crippen LogP contribution in [0.1, 0.15) is 43.7 Å². The Balaban J connectivity index is 0.000000275. The number of nitrogens with zero attached hydrogens (tertiary/aromatic N) is 4. The molecule has 0 atom stereocenters. The normalized spacial score (nSPS) is 16.5. The van der Waals surface area contributed by atoms with Gasteiger partial charge >= 0.3 is 0 Å². The number of nitrogens with two attached hydrogens (primary N) is 1. The molecule has 0 amide bonds. The average molecular weight is 384 g/mol. The topological polar surface area (TPSA) is 90.4 Å². The fraction of sp³-hybridized carbons (Fsp3) is 0.450. The van der Waals surface area contributed by atoms with E-state index in [-0.39, 0.29) is 11.5 Å². The minimum atomic E-state index is -0.457. The number of fused-ring (bicyclic) bond motifs is 1. The number of hydrogen-bond donors (Lipinski definition) is 2. The lowest BCUT2D eigenvalue weighted by molar-refractivity contribution is 0.405. The highest BCUT2D eigenvalue weighted by Crippen LogP contribution is 2.43. The Morgan fingerprint density at radius 2 is 2.00 bits per heavy atom. The van der Waals surface area contributed by atoms with Gasteiger partial charge in [-0.15, -0.1) is 0 Å². The molecule has 0 aromatic carbocycles. The van der Waals surface area contributed by atoms with E-state index in [1.54, 1.807) is 17.8 Å². The molecule has 2 fully saturated rings. The highest BCUT2D eigenvalue weighted by molar-refractivity contribution is 5.62. The molecule has 0 bridgehead atoms. The summed E-state index contributed by atoms with van der Waals surface area (Å²) in [4.78, 5) is 8.34. The van der Waals surface area contributed by atoms with Gasteiger partial charge in [-0.05, 0) is 50.9 Å². The standard InChI is InChI=1S/C15H14FN5O.C5H11N/c1-22-11-6-13-18-7-10(15-9(16)4-5-12(17)19-15)21(13)20-14(11)8-2-3-8;1-2-4-6-5-3-1/h4-8H,2-3H2,1H3,(H2,17,19);6H,1-5H2. The van der Waals surface area contributed by atoms with Crippen LogP contribution >= 0.6 is 0 Å². The van der Waals surface area contributed by atoms with Gasteiger partial charge in [0.05, 0.1) is 13.3 Å². The molecule has 4 heterocycles. The van der Waals surface area contributed by atoms with Crippen LogP contribution in [0.4, 0.5) is 10.2 Å². The first-order valence-corrected chi connectivity index (χ1v) is 9.73. The number of anilines is 1. The molecule has 1 saturated heterocycles. The van der Waals surface area contributed by atoms with E-state index in [0.717, 1.165) is 18.5 Å². The van der Waals surface area contributed by atoms with Crippen LogP contribution in [0.5, 0.6) is 5.75 Å². The van der Waals surface area contributed by atoms with E-state index in [0.29, 0.717) is 23.0 Å². The highest BCUT2D eigenvalue weighted by atomic mass is 19.1. The Morgan fingerprint density at radius 3 is 2.61 bits per heavy atom. The fourth-order valence-electron chi connectivity index (χ4n) is 3.31. The van der Waals surface area contributed by atoms with Crippen LogP contribution in [0.25, 0.3) is 17.0 Å². The number of nitrogen functional groups attached to an aromatic ring is 1. The molecule has 1 aliphatic heterocycles. The van der Waals surface area contributed by atoms with Gasteiger partial charge in [-0.3, -0.25) is 0 Å². The van der Waals surface area contributed by atoms with Gasteiger partial charge in [0.1, 0.15) is 28.6 Å². The van der Waals surface area contributed by atoms with E-state index in [1.165, 1.54) is 44.5 Å². The van der Waals surface area contributed by atoms with E-state index in [1.807, 2.05) is 6.07 Å². The summed E-state index contributed by atoms with van der Waals surface area (Å²) in [5.74, 6) is 0.908. The van der Waals surface area contributed by atoms with Crippen molar-refractivity contribution >= 4 is 11.5 Å². The van der Waals surface area contributed by atoms with Crippen LogP contribution in [0, 0.1) is 5.82 Å². The summed E-state index contributed by atoms with van der Waals surface area (Å²) in [7, 11) is 1.61. The number of imidazole rings is 1. The predicted molar refractivity (Wildman–Crippen MR) is 106 cm³/mol. The number of rotatable bonds is 3. The third kappa shape index (κ3) is 3.91. The van der Waals surface area contributed by atoms with Gasteiger partial charge < -0.3 is 15.8 Å². The third-order valence-corrected chi connectivity index (χ3v) is 4.99. The number of hydrogen-bond acceptors (Lipinski definition) is 6. The van der Waals surface area contributed by atoms with Crippen molar-refractivity contribution in [3.8, 4) is 17.1 Å². The van der Waals surface area contributed by atoms with E-state index in [4.69, 9.17) is 10.5 Å². The molecule has 0 unspecified atom stereocenters. The summed E-state index contributed by atoms with van der Waals surface area (Å²) < 4.78 is 21.1. The van der Waals surface area contributed by atoms with Gasteiger partial charge in [0.15, 0.2) is 11.5 Å². The number of piperidine rings is 1. The van der Waals surface area contributed by atoms with Crippen molar-refractivity contribution in [2.24, 2.45) is 0 Å². The molecule has 1 saturated carbocycles. The lowest BCUT2D eigenvalue weighted by atomic mass is 10.2. The number of methoxy groups -OCH3 is 1. The molecule has 148 valence electrons. The summed E-state index contributed by atoms with van der Waals surface area (Å²) in [6, 6.07) is 4.53. The van der Waals surface area contributed by atoms with Crippen LogP contribution in [0.2, 0.25) is 0 Å². The van der Waals surface area contributed by atoms with Gasteiger partial charge in [0.25, 0.3) is 0 Å². The predicted octanol–water partition coefficient (Wildman–Crippen LogP) is 3.16. The van der Waals surface area contributed by atoms with Crippen LogP contribution in [0.15, 0.2) is 24.4 Å². The van der Waals surface area contributed by atoms with Crippen LogP contribution < -0.4 is 15.8 Å². The average Bonchev–Trinajstić information content (AvgIpc) is 3.50. The molecule has 3 aromatic heterocycles. The van der Waals surface area contributed by atoms with Crippen molar-refractivity contribution in [2.45, 2.75) is 38.0 Å². The smallest absolute Gasteiger partial charge is 0.157 e. The molecule has 3 N–H and O–H groups in total. The first-order valence-electron chi connectivity index (χ1n) is 9.73. The maximum atomic E-state index is 14.1. The molecule has 2 aliphatic rings. The van der Waals surface area contributed by atoms with Crippen molar-refractivity contribution in [1.82, 2.24) is 24.9 Å². The van der Waals surface area contributed by atoms with Crippen molar-refractivity contribution < 1.29 is 9.13 Å². The summed E-state index contributed by atoms with van der Waals surface area (Å²) >= 11 is 0. The minimum Gasteiger partial charge on any atom is -0.495 e. The third-order valence-electron chi connectivity index (χ3n) is 4.99. The van der Waals surface area contributed by atoms with E-state index < -0.39 is 5.82 Å². The van der Waals surface area contributed by atoms with Gasteiger partial charge in [-0.1, -0.05) is 6.42 Å². The maximum absolute atomic E-state index is 14.1. The Labute approximate surface area is 163 Å². The van der Waals surface area contributed by atoms with Crippen molar-refractivity contribution in [3.05, 3.63) is 35.9 Å². The zero-order valence-electron chi connectivity index (χ0n) is 16.0. The lowest BCUT2D eigenvalue weighted by Gasteiger charge is -2.09. The summed E-state index contributed by atoms with van der Waals surface area (Å²) in [5, 5.41) is 7.88. The maximum Gasteiger partial charge on any atom is 0.157 e. The largest absolute Gasteiger partial charge is 0.495 e. The quantitative estimate of drug-likeness (QED) is 0.721. The fourth-order valence-corrected chi connectivity index (χ4v) is 3.31. The number of aromatic nitrogens is 4. The molecule has 0 radical (unpaired) electrons. The number of halogens is 1. The van der Waals surface area contributed by atoms with Crippen molar-refractivity contribution in [3.63, 3.8) is 0 Å². The minimum absolute atomic E-state index is 0.145. The molecule has 1 aliphatic carbocycles. The molecular weight excluding hydrogens is 359 g/mol. The first-order chi connectivity index (χ1) is 13.7. The Bertz CT molecular complexity index is 953. The van der Waals surface area contributed by atoms with Crippen LogP contribution in [-0.4, -0.2) is 39.8 Å². The summed E-state index contributed by atoms with van der Waals surface area (Å²) in [6.45, 7) is 2.50. The molecule has 28 heavy (non-hydrogen) atoms. The van der Waals surface area contributed by atoms with E-state index >= 15 is 0 Å². The SMILES string of the molecule is C1CCNCC1.COc1cc2ncc(-c3nc(N)ccc3F)n2nc1C1CC1. The van der Waals surface area contributed by atoms with Gasteiger partial charge in [0, 0.05) is 12.0 Å². The van der Waals surface area contributed by atoms with Crippen LogP contribution in [0.3, 0.4) is 0 Å². The number of pyridine rings is 1. The van der Waals surface area contributed by atoms with Crippen molar-refractivity contribution in [1.29, 1.82) is 0 Å². The summed E-state index contributed by atoms with van der Waals surface area (Å²) in [5.41, 5.74) is 7.74. The molecule has 8 heteroatoms. The molecule has 0 spiro atoms. The zero-order valence-corrected chi connectivity index (χ0v) is 16.0. The van der Waals surface area contributed by atoms with Crippen molar-refractivity contribution in [2.75, 3.05) is 25.9 Å². The van der Waals surface area contributed by atoms with Gasteiger partial charge in [-0.2, -0.15) is 5.10 Å². The second-order valence-corrected chi connectivity index (χ2v) is 7.16. The second-order valence-electron chi connectivity index (χ2n) is 7.16. The van der Waals surface area contributed by atoms with Gasteiger partial charge in [-0.25, -0.2) is 18.9 Å². The molecule has 7 nitrogen and oxygen atoms in total. The molecule has 3 aromatic rings. The Morgan fingerprint density at radius 1 is 1.21 bits per heavy atom. The Hall–Kier alpha value is -2.74. The number of nitrogens with one attached hydrogen (secondary N) is 1. The first kappa shape index (κ1) is 18.6. The van der Waals surface area contributed by atoms with E-state index in [2.05, 4.69) is 20.4 Å². The number of ether oxygens (including phenoxy) is 1. The zero-order chi connectivity index (χ0) is 19.5. The Kier molecular flexibility index (Phi) is 5.38. The van der Waals surface area contributed by atoms with Crippen LogP contribution in [-0.2, 0) is 0 Å². The van der Waals surface area contributed by atoms with E-state index in [9.17, 15) is 4.39 Å². The lowest BCUT2D eigenvalue weighted by Crippen LogP contribution is -2.21. The summed E-state index contributed by atoms with van der Waals surface area (Å²) in [6.07, 6.45) is 7.93. The second kappa shape index (κ2) is 8.10. The monoisotopic (exact) mass is 384 g/mol. The molecule has 5 rings (SSSR count). The molecular formula is C20H25FN6O. The highest BCUT2D eigenvalue weighted by Gasteiger charge is 2.30.